The lowest BCUT2D eigenvalue weighted by Gasteiger charge is -2.30. The molecule has 0 bridgehead atoms. The van der Waals surface area contributed by atoms with Crippen molar-refractivity contribution in [3.63, 3.8) is 0 Å². The fourth-order valence-corrected chi connectivity index (χ4v) is 1.83. The van der Waals surface area contributed by atoms with E-state index >= 15 is 0 Å². The first-order chi connectivity index (χ1) is 8.41. The lowest BCUT2D eigenvalue weighted by atomic mass is 10.2. The van der Waals surface area contributed by atoms with E-state index < -0.39 is 5.82 Å². The molecule has 1 aromatic heterocycles. The fourth-order valence-electron chi connectivity index (χ4n) is 1.83. The second-order valence-corrected chi connectivity index (χ2v) is 4.66. The van der Waals surface area contributed by atoms with E-state index in [0.717, 1.165) is 6.20 Å². The SMILES string of the molecule is CC(C)N(CCOc1nc(N)ncc1F)C(C)C. The van der Waals surface area contributed by atoms with Gasteiger partial charge in [-0.25, -0.2) is 4.98 Å². The first-order valence-corrected chi connectivity index (χ1v) is 6.08. The quantitative estimate of drug-likeness (QED) is 0.839. The molecule has 0 spiro atoms. The number of halogens is 1. The standard InChI is InChI=1S/C12H21FN4O/c1-8(2)17(9(3)4)5-6-18-11-10(13)7-15-12(14)16-11/h7-9H,5-6H2,1-4H3,(H2,14,15,16). The van der Waals surface area contributed by atoms with Crippen LogP contribution in [0.1, 0.15) is 27.7 Å². The summed E-state index contributed by atoms with van der Waals surface area (Å²) in [6, 6.07) is 0.822. The van der Waals surface area contributed by atoms with Crippen LogP contribution in [-0.4, -0.2) is 40.1 Å². The molecule has 0 saturated heterocycles. The van der Waals surface area contributed by atoms with Crippen LogP contribution in [0.15, 0.2) is 6.20 Å². The minimum atomic E-state index is -0.593. The van der Waals surface area contributed by atoms with Gasteiger partial charge in [-0.1, -0.05) is 0 Å². The van der Waals surface area contributed by atoms with Crippen LogP contribution >= 0.6 is 0 Å². The molecule has 0 aromatic carbocycles. The van der Waals surface area contributed by atoms with Crippen LogP contribution in [0.3, 0.4) is 0 Å². The molecule has 5 nitrogen and oxygen atoms in total. The number of hydrogen-bond donors (Lipinski definition) is 1. The molecule has 0 fully saturated rings. The second kappa shape index (κ2) is 6.49. The van der Waals surface area contributed by atoms with Crippen molar-refractivity contribution in [3.8, 4) is 5.88 Å². The van der Waals surface area contributed by atoms with Crippen molar-refractivity contribution in [2.75, 3.05) is 18.9 Å². The van der Waals surface area contributed by atoms with Crippen LogP contribution in [-0.2, 0) is 0 Å². The molecule has 0 atom stereocenters. The minimum absolute atomic E-state index is 0.0102. The van der Waals surface area contributed by atoms with Crippen molar-refractivity contribution in [1.82, 2.24) is 14.9 Å². The molecule has 0 saturated carbocycles. The van der Waals surface area contributed by atoms with Crippen molar-refractivity contribution >= 4 is 5.95 Å². The van der Waals surface area contributed by atoms with Crippen molar-refractivity contribution in [3.05, 3.63) is 12.0 Å². The largest absolute Gasteiger partial charge is 0.474 e. The highest BCUT2D eigenvalue weighted by Crippen LogP contribution is 2.13. The molecule has 0 unspecified atom stereocenters. The average molecular weight is 256 g/mol. The molecule has 0 radical (unpaired) electrons. The Morgan fingerprint density at radius 2 is 1.94 bits per heavy atom. The van der Waals surface area contributed by atoms with Crippen LogP contribution in [0.2, 0.25) is 0 Å². The lowest BCUT2D eigenvalue weighted by molar-refractivity contribution is 0.138. The van der Waals surface area contributed by atoms with Gasteiger partial charge in [0.15, 0.2) is 0 Å². The zero-order chi connectivity index (χ0) is 13.7. The van der Waals surface area contributed by atoms with Crippen LogP contribution in [0.25, 0.3) is 0 Å². The molecular weight excluding hydrogens is 235 g/mol. The van der Waals surface area contributed by atoms with Crippen molar-refractivity contribution in [2.24, 2.45) is 0 Å². The fraction of sp³-hybridized carbons (Fsp3) is 0.667. The highest BCUT2D eigenvalue weighted by molar-refractivity contribution is 5.22. The van der Waals surface area contributed by atoms with Crippen molar-refractivity contribution in [1.29, 1.82) is 0 Å². The summed E-state index contributed by atoms with van der Waals surface area (Å²) in [5, 5.41) is 0. The summed E-state index contributed by atoms with van der Waals surface area (Å²) in [5.41, 5.74) is 5.38. The summed E-state index contributed by atoms with van der Waals surface area (Å²) in [4.78, 5) is 9.50. The summed E-state index contributed by atoms with van der Waals surface area (Å²) in [7, 11) is 0. The summed E-state index contributed by atoms with van der Waals surface area (Å²) in [5.74, 6) is -0.671. The first kappa shape index (κ1) is 14.6. The average Bonchev–Trinajstić information content (AvgIpc) is 2.27. The summed E-state index contributed by atoms with van der Waals surface area (Å²) in [6.45, 7) is 9.53. The molecule has 102 valence electrons. The van der Waals surface area contributed by atoms with E-state index in [0.29, 0.717) is 25.2 Å². The van der Waals surface area contributed by atoms with E-state index in [9.17, 15) is 4.39 Å². The van der Waals surface area contributed by atoms with Crippen LogP contribution < -0.4 is 10.5 Å². The Kier molecular flexibility index (Phi) is 5.27. The lowest BCUT2D eigenvalue weighted by Crippen LogP contribution is -2.39. The predicted molar refractivity (Wildman–Crippen MR) is 68.9 cm³/mol. The Hall–Kier alpha value is -1.43. The van der Waals surface area contributed by atoms with E-state index in [4.69, 9.17) is 10.5 Å². The van der Waals surface area contributed by atoms with Crippen LogP contribution in [0, 0.1) is 5.82 Å². The summed E-state index contributed by atoms with van der Waals surface area (Å²) in [6.07, 6.45) is 1.01. The van der Waals surface area contributed by atoms with Gasteiger partial charge in [0.1, 0.15) is 6.61 Å². The van der Waals surface area contributed by atoms with E-state index in [1.807, 2.05) is 0 Å². The Bertz CT molecular complexity index is 376. The van der Waals surface area contributed by atoms with Gasteiger partial charge >= 0.3 is 0 Å². The summed E-state index contributed by atoms with van der Waals surface area (Å²) < 4.78 is 18.6. The Morgan fingerprint density at radius 1 is 1.33 bits per heavy atom. The zero-order valence-corrected chi connectivity index (χ0v) is 11.4. The van der Waals surface area contributed by atoms with Gasteiger partial charge in [0.2, 0.25) is 11.8 Å². The number of anilines is 1. The number of hydrogen-bond acceptors (Lipinski definition) is 5. The number of nitrogens with zero attached hydrogens (tertiary/aromatic N) is 3. The third kappa shape index (κ3) is 4.10. The van der Waals surface area contributed by atoms with Gasteiger partial charge < -0.3 is 10.5 Å². The molecular formula is C12H21FN4O. The molecule has 1 aromatic rings. The first-order valence-electron chi connectivity index (χ1n) is 6.08. The molecule has 1 rings (SSSR count). The van der Waals surface area contributed by atoms with Gasteiger partial charge in [0, 0.05) is 18.6 Å². The number of rotatable bonds is 6. The molecule has 6 heteroatoms. The number of aromatic nitrogens is 2. The molecule has 0 aliphatic heterocycles. The van der Waals surface area contributed by atoms with Crippen LogP contribution in [0.4, 0.5) is 10.3 Å². The van der Waals surface area contributed by atoms with Gasteiger partial charge in [0.25, 0.3) is 5.88 Å². The highest BCUT2D eigenvalue weighted by Gasteiger charge is 2.14. The smallest absolute Gasteiger partial charge is 0.255 e. The third-order valence-electron chi connectivity index (χ3n) is 2.65. The van der Waals surface area contributed by atoms with Gasteiger partial charge in [-0.05, 0) is 27.7 Å². The van der Waals surface area contributed by atoms with Crippen molar-refractivity contribution < 1.29 is 9.13 Å². The Labute approximate surface area is 107 Å². The maximum Gasteiger partial charge on any atom is 0.255 e. The maximum atomic E-state index is 13.3. The maximum absolute atomic E-state index is 13.3. The number of nitrogen functional groups attached to an aromatic ring is 1. The summed E-state index contributed by atoms with van der Waals surface area (Å²) >= 11 is 0. The molecule has 18 heavy (non-hydrogen) atoms. The molecule has 1 heterocycles. The minimum Gasteiger partial charge on any atom is -0.474 e. The third-order valence-corrected chi connectivity index (χ3v) is 2.65. The van der Waals surface area contributed by atoms with Crippen molar-refractivity contribution in [2.45, 2.75) is 39.8 Å². The van der Waals surface area contributed by atoms with E-state index in [-0.39, 0.29) is 11.8 Å². The Morgan fingerprint density at radius 3 is 2.50 bits per heavy atom. The normalized spacial score (nSPS) is 11.6. The monoisotopic (exact) mass is 256 g/mol. The van der Waals surface area contributed by atoms with E-state index in [1.165, 1.54) is 0 Å². The zero-order valence-electron chi connectivity index (χ0n) is 11.4. The predicted octanol–water partition coefficient (Wildman–Crippen LogP) is 1.70. The van der Waals surface area contributed by atoms with E-state index in [1.54, 1.807) is 0 Å². The second-order valence-electron chi connectivity index (χ2n) is 4.66. The molecule has 0 amide bonds. The number of nitrogens with two attached hydrogens (primary N) is 1. The number of ether oxygens (including phenoxy) is 1. The van der Waals surface area contributed by atoms with Gasteiger partial charge in [-0.15, -0.1) is 0 Å². The molecule has 2 N–H and O–H groups in total. The van der Waals surface area contributed by atoms with E-state index in [2.05, 4.69) is 42.6 Å². The van der Waals surface area contributed by atoms with Gasteiger partial charge in [-0.3, -0.25) is 4.90 Å². The highest BCUT2D eigenvalue weighted by atomic mass is 19.1. The van der Waals surface area contributed by atoms with Crippen LogP contribution in [0.5, 0.6) is 5.88 Å². The molecule has 0 aliphatic rings. The Balaban J connectivity index is 2.52. The molecule has 0 aliphatic carbocycles. The van der Waals surface area contributed by atoms with Gasteiger partial charge in [0.05, 0.1) is 6.20 Å². The van der Waals surface area contributed by atoms with Gasteiger partial charge in [-0.2, -0.15) is 9.37 Å². The topological polar surface area (TPSA) is 64.3 Å².